The molecule has 0 saturated carbocycles. The molecule has 0 fully saturated rings. The highest BCUT2D eigenvalue weighted by Crippen LogP contribution is 2.07. The van der Waals surface area contributed by atoms with Crippen molar-refractivity contribution in [1.82, 2.24) is 4.98 Å². The van der Waals surface area contributed by atoms with Crippen LogP contribution in [0.15, 0.2) is 18.3 Å². The Morgan fingerprint density at radius 2 is 2.14 bits per heavy atom. The number of pyridine rings is 1. The van der Waals surface area contributed by atoms with Crippen LogP contribution in [0, 0.1) is 0 Å². The van der Waals surface area contributed by atoms with Crippen LogP contribution in [-0.4, -0.2) is 24.3 Å². The van der Waals surface area contributed by atoms with Crippen molar-refractivity contribution in [3.05, 3.63) is 18.3 Å². The molecule has 0 atom stereocenters. The van der Waals surface area contributed by atoms with Crippen LogP contribution in [0.5, 0.6) is 5.88 Å². The molecule has 78 valence electrons. The Morgan fingerprint density at radius 3 is 2.71 bits per heavy atom. The molecule has 1 aromatic heterocycles. The Balaban J connectivity index is 2.21. The lowest BCUT2D eigenvalue weighted by molar-refractivity contribution is 0.0542. The van der Waals surface area contributed by atoms with E-state index in [0.717, 1.165) is 0 Å². The minimum absolute atomic E-state index is 0.234. The minimum atomic E-state index is 0.234. The van der Waals surface area contributed by atoms with Gasteiger partial charge in [-0.25, -0.2) is 4.98 Å². The van der Waals surface area contributed by atoms with Crippen molar-refractivity contribution in [2.75, 3.05) is 18.9 Å². The maximum Gasteiger partial charge on any atom is 0.213 e. The lowest BCUT2D eigenvalue weighted by atomic mass is 10.4. The molecule has 0 saturated heterocycles. The SMILES string of the molecule is CC(C)OCCOc1ccc(N)cn1. The molecule has 0 aromatic carbocycles. The number of nitrogen functional groups attached to an aromatic ring is 1. The fraction of sp³-hybridized carbons (Fsp3) is 0.500. The van der Waals surface area contributed by atoms with E-state index in [4.69, 9.17) is 15.2 Å². The molecule has 0 aliphatic carbocycles. The summed E-state index contributed by atoms with van der Waals surface area (Å²) in [5.41, 5.74) is 6.11. The van der Waals surface area contributed by atoms with Crippen molar-refractivity contribution in [2.24, 2.45) is 0 Å². The number of ether oxygens (including phenoxy) is 2. The standard InChI is InChI=1S/C10H16N2O2/c1-8(2)13-5-6-14-10-4-3-9(11)7-12-10/h3-4,7-8H,5-6,11H2,1-2H3. The van der Waals surface area contributed by atoms with E-state index in [-0.39, 0.29) is 6.10 Å². The van der Waals surface area contributed by atoms with Gasteiger partial charge in [0, 0.05) is 6.07 Å². The summed E-state index contributed by atoms with van der Waals surface area (Å²) >= 11 is 0. The Labute approximate surface area is 84.0 Å². The van der Waals surface area contributed by atoms with Crippen LogP contribution in [-0.2, 0) is 4.74 Å². The second kappa shape index (κ2) is 5.44. The van der Waals surface area contributed by atoms with Gasteiger partial charge < -0.3 is 15.2 Å². The van der Waals surface area contributed by atoms with Gasteiger partial charge in [0.15, 0.2) is 0 Å². The number of aromatic nitrogens is 1. The van der Waals surface area contributed by atoms with E-state index in [1.807, 2.05) is 13.8 Å². The second-order valence-corrected chi connectivity index (χ2v) is 3.20. The van der Waals surface area contributed by atoms with Gasteiger partial charge in [0.1, 0.15) is 6.61 Å². The van der Waals surface area contributed by atoms with Crippen molar-refractivity contribution >= 4 is 5.69 Å². The summed E-state index contributed by atoms with van der Waals surface area (Å²) < 4.78 is 10.6. The smallest absolute Gasteiger partial charge is 0.213 e. The summed E-state index contributed by atoms with van der Waals surface area (Å²) in [4.78, 5) is 3.99. The van der Waals surface area contributed by atoms with Crippen LogP contribution >= 0.6 is 0 Å². The van der Waals surface area contributed by atoms with Gasteiger partial charge in [0.25, 0.3) is 0 Å². The van der Waals surface area contributed by atoms with E-state index < -0.39 is 0 Å². The van der Waals surface area contributed by atoms with Gasteiger partial charge in [-0.15, -0.1) is 0 Å². The number of hydrogen-bond donors (Lipinski definition) is 1. The van der Waals surface area contributed by atoms with E-state index in [9.17, 15) is 0 Å². The van der Waals surface area contributed by atoms with Crippen molar-refractivity contribution < 1.29 is 9.47 Å². The first-order valence-corrected chi connectivity index (χ1v) is 4.64. The third kappa shape index (κ3) is 4.09. The number of anilines is 1. The molecule has 0 aliphatic heterocycles. The highest BCUT2D eigenvalue weighted by Gasteiger charge is 1.96. The lowest BCUT2D eigenvalue weighted by Gasteiger charge is -2.08. The van der Waals surface area contributed by atoms with E-state index >= 15 is 0 Å². The fourth-order valence-corrected chi connectivity index (χ4v) is 0.907. The average molecular weight is 196 g/mol. The quantitative estimate of drug-likeness (QED) is 0.724. The normalized spacial score (nSPS) is 10.5. The molecule has 0 aliphatic rings. The molecule has 0 unspecified atom stereocenters. The second-order valence-electron chi connectivity index (χ2n) is 3.20. The Bertz CT molecular complexity index is 259. The van der Waals surface area contributed by atoms with Gasteiger partial charge in [-0.3, -0.25) is 0 Å². The first kappa shape index (κ1) is 10.8. The first-order valence-electron chi connectivity index (χ1n) is 4.64. The largest absolute Gasteiger partial charge is 0.475 e. The van der Waals surface area contributed by atoms with Crippen LogP contribution in [0.4, 0.5) is 5.69 Å². The maximum absolute atomic E-state index is 5.48. The average Bonchev–Trinajstić information content (AvgIpc) is 2.15. The Kier molecular flexibility index (Phi) is 4.19. The lowest BCUT2D eigenvalue weighted by Crippen LogP contribution is -2.11. The Hall–Kier alpha value is -1.29. The van der Waals surface area contributed by atoms with Gasteiger partial charge in [-0.05, 0) is 19.9 Å². The summed E-state index contributed by atoms with van der Waals surface area (Å²) in [6.07, 6.45) is 1.80. The van der Waals surface area contributed by atoms with Crippen LogP contribution in [0.1, 0.15) is 13.8 Å². The molecule has 1 aromatic rings. The Morgan fingerprint density at radius 1 is 1.36 bits per heavy atom. The topological polar surface area (TPSA) is 57.4 Å². The van der Waals surface area contributed by atoms with Crippen molar-refractivity contribution in [2.45, 2.75) is 20.0 Å². The maximum atomic E-state index is 5.48. The van der Waals surface area contributed by atoms with E-state index in [1.165, 1.54) is 0 Å². The molecule has 1 rings (SSSR count). The number of nitrogens with zero attached hydrogens (tertiary/aromatic N) is 1. The molecule has 4 nitrogen and oxygen atoms in total. The molecular formula is C10H16N2O2. The van der Waals surface area contributed by atoms with Crippen molar-refractivity contribution in [3.8, 4) is 5.88 Å². The van der Waals surface area contributed by atoms with Crippen LogP contribution in [0.2, 0.25) is 0 Å². The fourth-order valence-electron chi connectivity index (χ4n) is 0.907. The molecule has 1 heterocycles. The van der Waals surface area contributed by atoms with E-state index in [0.29, 0.717) is 24.8 Å². The molecule has 0 spiro atoms. The van der Waals surface area contributed by atoms with Crippen LogP contribution < -0.4 is 10.5 Å². The van der Waals surface area contributed by atoms with Crippen molar-refractivity contribution in [1.29, 1.82) is 0 Å². The molecular weight excluding hydrogens is 180 g/mol. The van der Waals surface area contributed by atoms with Gasteiger partial charge in [-0.1, -0.05) is 0 Å². The summed E-state index contributed by atoms with van der Waals surface area (Å²) in [5, 5.41) is 0. The minimum Gasteiger partial charge on any atom is -0.475 e. The first-order chi connectivity index (χ1) is 6.68. The van der Waals surface area contributed by atoms with Gasteiger partial charge >= 0.3 is 0 Å². The van der Waals surface area contributed by atoms with Crippen molar-refractivity contribution in [3.63, 3.8) is 0 Å². The summed E-state index contributed by atoms with van der Waals surface area (Å²) in [6, 6.07) is 3.50. The van der Waals surface area contributed by atoms with Gasteiger partial charge in [-0.2, -0.15) is 0 Å². The molecule has 0 radical (unpaired) electrons. The van der Waals surface area contributed by atoms with E-state index in [2.05, 4.69) is 4.98 Å². The zero-order chi connectivity index (χ0) is 10.4. The van der Waals surface area contributed by atoms with Gasteiger partial charge in [0.2, 0.25) is 5.88 Å². The molecule has 2 N–H and O–H groups in total. The highest BCUT2D eigenvalue weighted by atomic mass is 16.5. The zero-order valence-corrected chi connectivity index (χ0v) is 8.56. The molecule has 14 heavy (non-hydrogen) atoms. The third-order valence-electron chi connectivity index (χ3n) is 1.54. The number of rotatable bonds is 5. The monoisotopic (exact) mass is 196 g/mol. The number of hydrogen-bond acceptors (Lipinski definition) is 4. The molecule has 0 amide bonds. The summed E-state index contributed by atoms with van der Waals surface area (Å²) in [5.74, 6) is 0.576. The molecule has 4 heteroatoms. The van der Waals surface area contributed by atoms with Crippen LogP contribution in [0.25, 0.3) is 0 Å². The number of nitrogens with two attached hydrogens (primary N) is 1. The van der Waals surface area contributed by atoms with E-state index in [1.54, 1.807) is 18.3 Å². The van der Waals surface area contributed by atoms with Gasteiger partial charge in [0.05, 0.1) is 24.6 Å². The zero-order valence-electron chi connectivity index (χ0n) is 8.56. The summed E-state index contributed by atoms with van der Waals surface area (Å²) in [7, 11) is 0. The predicted molar refractivity (Wildman–Crippen MR) is 55.2 cm³/mol. The highest BCUT2D eigenvalue weighted by molar-refractivity contribution is 5.35. The van der Waals surface area contributed by atoms with Crippen LogP contribution in [0.3, 0.4) is 0 Å². The third-order valence-corrected chi connectivity index (χ3v) is 1.54. The summed E-state index contributed by atoms with van der Waals surface area (Å²) in [6.45, 7) is 5.06. The molecule has 0 bridgehead atoms. The predicted octanol–water partition coefficient (Wildman–Crippen LogP) is 1.47.